The van der Waals surface area contributed by atoms with Gasteiger partial charge in [-0.15, -0.1) is 0 Å². The van der Waals surface area contributed by atoms with Crippen LogP contribution in [0, 0.1) is 12.7 Å². The van der Waals surface area contributed by atoms with Crippen LogP contribution in [0.15, 0.2) is 47.4 Å². The summed E-state index contributed by atoms with van der Waals surface area (Å²) in [5, 5.41) is 2.59. The number of nitrogens with zero attached hydrogens (tertiary/aromatic N) is 1. The number of piperidine rings is 1. The predicted molar refractivity (Wildman–Crippen MR) is 109 cm³/mol. The SMILES string of the molecule is Cc1ccc(NC(=O)COC(=O)c2ccc(F)c(S(=O)(=O)N3CCCCC3)c2)cc1. The summed E-state index contributed by atoms with van der Waals surface area (Å²) in [5.41, 5.74) is 1.44. The van der Waals surface area contributed by atoms with Crippen molar-refractivity contribution in [3.63, 3.8) is 0 Å². The zero-order valence-electron chi connectivity index (χ0n) is 16.6. The van der Waals surface area contributed by atoms with Crippen molar-refractivity contribution in [2.24, 2.45) is 0 Å². The van der Waals surface area contributed by atoms with Gasteiger partial charge in [-0.3, -0.25) is 4.79 Å². The Hall–Kier alpha value is -2.78. The summed E-state index contributed by atoms with van der Waals surface area (Å²) >= 11 is 0. The van der Waals surface area contributed by atoms with Crippen molar-refractivity contribution >= 4 is 27.6 Å². The van der Waals surface area contributed by atoms with Crippen molar-refractivity contribution in [2.75, 3.05) is 25.0 Å². The van der Waals surface area contributed by atoms with E-state index in [1.165, 1.54) is 4.31 Å². The highest BCUT2D eigenvalue weighted by Gasteiger charge is 2.29. The number of esters is 1. The largest absolute Gasteiger partial charge is 0.452 e. The first-order valence-electron chi connectivity index (χ1n) is 9.61. The van der Waals surface area contributed by atoms with Gasteiger partial charge in [0.05, 0.1) is 5.56 Å². The van der Waals surface area contributed by atoms with E-state index in [1.54, 1.807) is 12.1 Å². The number of ether oxygens (including phenoxy) is 1. The quantitative estimate of drug-likeness (QED) is 0.706. The van der Waals surface area contributed by atoms with E-state index in [9.17, 15) is 22.4 Å². The Labute approximate surface area is 174 Å². The summed E-state index contributed by atoms with van der Waals surface area (Å²) in [6.07, 6.45) is 2.34. The molecule has 0 aliphatic carbocycles. The summed E-state index contributed by atoms with van der Waals surface area (Å²) in [4.78, 5) is 23.7. The Bertz CT molecular complexity index is 1030. The van der Waals surface area contributed by atoms with Gasteiger partial charge in [0, 0.05) is 18.8 Å². The van der Waals surface area contributed by atoms with Gasteiger partial charge in [-0.25, -0.2) is 17.6 Å². The molecule has 0 spiro atoms. The van der Waals surface area contributed by atoms with Crippen LogP contribution in [0.4, 0.5) is 10.1 Å². The molecular weight excluding hydrogens is 411 g/mol. The fourth-order valence-corrected chi connectivity index (χ4v) is 4.73. The molecule has 2 aromatic rings. The van der Waals surface area contributed by atoms with Crippen molar-refractivity contribution in [1.82, 2.24) is 4.31 Å². The summed E-state index contributed by atoms with van der Waals surface area (Å²) in [7, 11) is -4.05. The number of carbonyl (C=O) groups is 2. The molecule has 2 aromatic carbocycles. The molecule has 1 N–H and O–H groups in total. The van der Waals surface area contributed by atoms with E-state index < -0.39 is 39.2 Å². The van der Waals surface area contributed by atoms with Gasteiger partial charge in [-0.05, 0) is 50.1 Å². The van der Waals surface area contributed by atoms with Gasteiger partial charge in [0.15, 0.2) is 6.61 Å². The zero-order valence-corrected chi connectivity index (χ0v) is 17.4. The first-order valence-corrected chi connectivity index (χ1v) is 11.0. The van der Waals surface area contributed by atoms with Crippen molar-refractivity contribution in [3.05, 3.63) is 59.4 Å². The second-order valence-corrected chi connectivity index (χ2v) is 9.01. The highest BCUT2D eigenvalue weighted by Crippen LogP contribution is 2.24. The highest BCUT2D eigenvalue weighted by atomic mass is 32.2. The average Bonchev–Trinajstić information content (AvgIpc) is 2.74. The van der Waals surface area contributed by atoms with E-state index in [2.05, 4.69) is 5.32 Å². The maximum absolute atomic E-state index is 14.2. The Kier molecular flexibility index (Phi) is 6.84. The molecule has 0 saturated carbocycles. The smallest absolute Gasteiger partial charge is 0.338 e. The van der Waals surface area contributed by atoms with Crippen LogP contribution in [-0.2, 0) is 19.6 Å². The van der Waals surface area contributed by atoms with Gasteiger partial charge in [-0.1, -0.05) is 24.1 Å². The van der Waals surface area contributed by atoms with E-state index in [4.69, 9.17) is 4.74 Å². The molecule has 1 saturated heterocycles. The molecule has 160 valence electrons. The molecule has 0 bridgehead atoms. The lowest BCUT2D eigenvalue weighted by Gasteiger charge is -2.26. The number of amides is 1. The Morgan fingerprint density at radius 2 is 1.73 bits per heavy atom. The number of rotatable bonds is 6. The molecular formula is C21H23FN2O5S. The molecule has 0 radical (unpaired) electrons. The van der Waals surface area contributed by atoms with Gasteiger partial charge >= 0.3 is 5.97 Å². The molecule has 1 heterocycles. The van der Waals surface area contributed by atoms with Crippen LogP contribution in [-0.4, -0.2) is 44.3 Å². The second kappa shape index (κ2) is 9.36. The first-order chi connectivity index (χ1) is 14.3. The summed E-state index contributed by atoms with van der Waals surface area (Å²) in [6, 6.07) is 10.1. The number of aryl methyl sites for hydroxylation is 1. The van der Waals surface area contributed by atoms with Crippen LogP contribution in [0.1, 0.15) is 35.2 Å². The fourth-order valence-electron chi connectivity index (χ4n) is 3.12. The molecule has 1 fully saturated rings. The second-order valence-electron chi connectivity index (χ2n) is 7.10. The number of benzene rings is 2. The van der Waals surface area contributed by atoms with E-state index in [1.807, 2.05) is 19.1 Å². The average molecular weight is 434 g/mol. The van der Waals surface area contributed by atoms with Crippen LogP contribution in [0.5, 0.6) is 0 Å². The summed E-state index contributed by atoms with van der Waals surface area (Å²) in [5.74, 6) is -2.39. The number of hydrogen-bond acceptors (Lipinski definition) is 5. The first kappa shape index (κ1) is 21.9. The lowest BCUT2D eigenvalue weighted by molar-refractivity contribution is -0.119. The number of nitrogens with one attached hydrogen (secondary N) is 1. The van der Waals surface area contributed by atoms with Crippen molar-refractivity contribution in [2.45, 2.75) is 31.1 Å². The molecule has 9 heteroatoms. The molecule has 30 heavy (non-hydrogen) atoms. The fraction of sp³-hybridized carbons (Fsp3) is 0.333. The minimum absolute atomic E-state index is 0.143. The number of sulfonamides is 1. The van der Waals surface area contributed by atoms with Crippen LogP contribution in [0.25, 0.3) is 0 Å². The lowest BCUT2D eigenvalue weighted by Crippen LogP contribution is -2.36. The summed E-state index contributed by atoms with van der Waals surface area (Å²) < 4.78 is 45.9. The normalized spacial score (nSPS) is 14.9. The number of carbonyl (C=O) groups excluding carboxylic acids is 2. The topological polar surface area (TPSA) is 92.8 Å². The van der Waals surface area contributed by atoms with E-state index >= 15 is 0 Å². The number of halogens is 1. The Morgan fingerprint density at radius 3 is 2.40 bits per heavy atom. The summed E-state index contributed by atoms with van der Waals surface area (Å²) in [6.45, 7) is 1.99. The maximum atomic E-state index is 14.2. The third-order valence-electron chi connectivity index (χ3n) is 4.77. The van der Waals surface area contributed by atoms with Crippen molar-refractivity contribution < 1.29 is 27.1 Å². The molecule has 1 aliphatic rings. The van der Waals surface area contributed by atoms with Gasteiger partial charge < -0.3 is 10.1 Å². The lowest BCUT2D eigenvalue weighted by atomic mass is 10.2. The predicted octanol–water partition coefficient (Wildman–Crippen LogP) is 3.10. The van der Waals surface area contributed by atoms with Crippen LogP contribution in [0.2, 0.25) is 0 Å². The monoisotopic (exact) mass is 434 g/mol. The Morgan fingerprint density at radius 1 is 1.07 bits per heavy atom. The van der Waals surface area contributed by atoms with E-state index in [0.717, 1.165) is 30.2 Å². The van der Waals surface area contributed by atoms with Gasteiger partial charge in [0.1, 0.15) is 10.7 Å². The number of anilines is 1. The van der Waals surface area contributed by atoms with Crippen LogP contribution in [0.3, 0.4) is 0 Å². The molecule has 3 rings (SSSR count). The molecule has 0 unspecified atom stereocenters. The van der Waals surface area contributed by atoms with E-state index in [0.29, 0.717) is 31.6 Å². The molecule has 0 aromatic heterocycles. The van der Waals surface area contributed by atoms with Crippen molar-refractivity contribution in [3.8, 4) is 0 Å². The number of hydrogen-bond donors (Lipinski definition) is 1. The third kappa shape index (κ3) is 5.22. The van der Waals surface area contributed by atoms with Crippen LogP contribution < -0.4 is 5.32 Å². The standard InChI is InChI=1S/C21H23FN2O5S/c1-15-5-8-17(9-6-15)23-20(25)14-29-21(26)16-7-10-18(22)19(13-16)30(27,28)24-11-3-2-4-12-24/h5-10,13H,2-4,11-12,14H2,1H3,(H,23,25). The minimum atomic E-state index is -4.05. The van der Waals surface area contributed by atoms with Gasteiger partial charge in [-0.2, -0.15) is 4.31 Å². The van der Waals surface area contributed by atoms with Crippen molar-refractivity contribution in [1.29, 1.82) is 0 Å². The van der Waals surface area contributed by atoms with E-state index in [-0.39, 0.29) is 5.56 Å². The van der Waals surface area contributed by atoms with Crippen LogP contribution >= 0.6 is 0 Å². The molecule has 0 atom stereocenters. The highest BCUT2D eigenvalue weighted by molar-refractivity contribution is 7.89. The van der Waals surface area contributed by atoms with Gasteiger partial charge in [0.25, 0.3) is 5.91 Å². The molecule has 7 nitrogen and oxygen atoms in total. The third-order valence-corrected chi connectivity index (χ3v) is 6.68. The molecule has 1 aliphatic heterocycles. The maximum Gasteiger partial charge on any atom is 0.338 e. The van der Waals surface area contributed by atoms with Gasteiger partial charge in [0.2, 0.25) is 10.0 Å². The Balaban J connectivity index is 1.67. The molecule has 1 amide bonds. The zero-order chi connectivity index (χ0) is 21.7. The minimum Gasteiger partial charge on any atom is -0.452 e.